The molecule has 0 amide bonds. The van der Waals surface area contributed by atoms with Crippen molar-refractivity contribution >= 4 is 17.3 Å². The number of methoxy groups -OCH3 is 2. The van der Waals surface area contributed by atoms with Crippen molar-refractivity contribution < 1.29 is 14.2 Å². The highest BCUT2D eigenvalue weighted by Gasteiger charge is 2.12. The molecule has 0 bridgehead atoms. The van der Waals surface area contributed by atoms with Crippen molar-refractivity contribution in [1.29, 1.82) is 0 Å². The van der Waals surface area contributed by atoms with Crippen LogP contribution in [-0.4, -0.2) is 14.2 Å². The Bertz CT molecular complexity index is 648. The summed E-state index contributed by atoms with van der Waals surface area (Å²) in [5, 5.41) is 0.739. The van der Waals surface area contributed by atoms with E-state index in [1.165, 1.54) is 0 Å². The number of hydrogen-bond donors (Lipinski definition) is 1. The molecule has 0 unspecified atom stereocenters. The summed E-state index contributed by atoms with van der Waals surface area (Å²) in [5.74, 6) is 2.30. The van der Waals surface area contributed by atoms with Crippen LogP contribution in [0.5, 0.6) is 23.0 Å². The number of halogens is 1. The summed E-state index contributed by atoms with van der Waals surface area (Å²) in [7, 11) is 3.12. The summed E-state index contributed by atoms with van der Waals surface area (Å²) < 4.78 is 16.3. The van der Waals surface area contributed by atoms with Crippen LogP contribution in [0.4, 0.5) is 5.69 Å². The SMILES string of the molecule is COc1cc(N)c(Oc2cc(C)c(Cl)c(C)c2)cc1OC. The summed E-state index contributed by atoms with van der Waals surface area (Å²) in [6, 6.07) is 7.11. The van der Waals surface area contributed by atoms with E-state index in [9.17, 15) is 0 Å². The predicted octanol–water partition coefficient (Wildman–Crippen LogP) is 4.35. The maximum Gasteiger partial charge on any atom is 0.164 e. The van der Waals surface area contributed by atoms with Gasteiger partial charge in [0, 0.05) is 17.2 Å². The molecule has 0 spiro atoms. The van der Waals surface area contributed by atoms with Gasteiger partial charge in [-0.05, 0) is 37.1 Å². The molecule has 0 aliphatic rings. The van der Waals surface area contributed by atoms with Gasteiger partial charge in [0.05, 0.1) is 19.9 Å². The highest BCUT2D eigenvalue weighted by molar-refractivity contribution is 6.32. The van der Waals surface area contributed by atoms with Crippen LogP contribution < -0.4 is 19.9 Å². The van der Waals surface area contributed by atoms with Gasteiger partial charge in [-0.3, -0.25) is 0 Å². The minimum Gasteiger partial charge on any atom is -0.493 e. The molecule has 5 heteroatoms. The van der Waals surface area contributed by atoms with Crippen LogP contribution >= 0.6 is 11.6 Å². The molecule has 4 nitrogen and oxygen atoms in total. The van der Waals surface area contributed by atoms with E-state index in [0.29, 0.717) is 28.7 Å². The zero-order valence-corrected chi connectivity index (χ0v) is 13.2. The van der Waals surface area contributed by atoms with Crippen LogP contribution in [-0.2, 0) is 0 Å². The largest absolute Gasteiger partial charge is 0.493 e. The normalized spacial score (nSPS) is 10.3. The van der Waals surface area contributed by atoms with Gasteiger partial charge in [0.2, 0.25) is 0 Å². The first-order chi connectivity index (χ1) is 9.96. The van der Waals surface area contributed by atoms with Crippen LogP contribution in [0.1, 0.15) is 11.1 Å². The van der Waals surface area contributed by atoms with E-state index in [-0.39, 0.29) is 0 Å². The van der Waals surface area contributed by atoms with Crippen LogP contribution in [0.15, 0.2) is 24.3 Å². The molecule has 2 N–H and O–H groups in total. The molecule has 0 heterocycles. The molecule has 21 heavy (non-hydrogen) atoms. The van der Waals surface area contributed by atoms with E-state index in [4.69, 9.17) is 31.5 Å². The molecular formula is C16H18ClNO3. The monoisotopic (exact) mass is 307 g/mol. The summed E-state index contributed by atoms with van der Waals surface area (Å²) >= 11 is 6.15. The molecule has 112 valence electrons. The Morgan fingerprint density at radius 2 is 1.38 bits per heavy atom. The Labute approximate surface area is 129 Å². The molecule has 0 saturated heterocycles. The van der Waals surface area contributed by atoms with E-state index in [0.717, 1.165) is 16.1 Å². The lowest BCUT2D eigenvalue weighted by Crippen LogP contribution is -1.97. The molecule has 0 radical (unpaired) electrons. The number of nitrogens with two attached hydrogens (primary N) is 1. The zero-order chi connectivity index (χ0) is 15.6. The van der Waals surface area contributed by atoms with Crippen molar-refractivity contribution in [3.8, 4) is 23.0 Å². The van der Waals surface area contributed by atoms with Gasteiger partial charge < -0.3 is 19.9 Å². The van der Waals surface area contributed by atoms with Crippen LogP contribution in [0, 0.1) is 13.8 Å². The summed E-state index contributed by atoms with van der Waals surface area (Å²) in [4.78, 5) is 0. The summed E-state index contributed by atoms with van der Waals surface area (Å²) in [5.41, 5.74) is 8.36. The maximum absolute atomic E-state index is 6.15. The number of rotatable bonds is 4. The van der Waals surface area contributed by atoms with Crippen molar-refractivity contribution in [2.24, 2.45) is 0 Å². The van der Waals surface area contributed by atoms with Gasteiger partial charge in [-0.25, -0.2) is 0 Å². The number of nitrogen functional groups attached to an aromatic ring is 1. The van der Waals surface area contributed by atoms with Gasteiger partial charge in [0.25, 0.3) is 0 Å². The van der Waals surface area contributed by atoms with E-state index < -0.39 is 0 Å². The molecule has 2 aromatic carbocycles. The van der Waals surface area contributed by atoms with Crippen molar-refractivity contribution in [3.63, 3.8) is 0 Å². The number of benzene rings is 2. The van der Waals surface area contributed by atoms with Crippen molar-refractivity contribution in [1.82, 2.24) is 0 Å². The number of aryl methyl sites for hydroxylation is 2. The second-order valence-corrected chi connectivity index (χ2v) is 5.10. The highest BCUT2D eigenvalue weighted by atomic mass is 35.5. The first-order valence-electron chi connectivity index (χ1n) is 6.42. The van der Waals surface area contributed by atoms with E-state index >= 15 is 0 Å². The number of hydrogen-bond acceptors (Lipinski definition) is 4. The van der Waals surface area contributed by atoms with Crippen molar-refractivity contribution in [2.75, 3.05) is 20.0 Å². The molecule has 0 aliphatic heterocycles. The second-order valence-electron chi connectivity index (χ2n) is 4.72. The van der Waals surface area contributed by atoms with Gasteiger partial charge in [0.1, 0.15) is 5.75 Å². The minimum atomic E-state index is 0.470. The molecule has 2 rings (SSSR count). The van der Waals surface area contributed by atoms with E-state index in [2.05, 4.69) is 0 Å². The van der Waals surface area contributed by atoms with Crippen molar-refractivity contribution in [3.05, 3.63) is 40.4 Å². The Hall–Kier alpha value is -2.07. The molecule has 0 saturated carbocycles. The standard InChI is InChI=1S/C16H18ClNO3/c1-9-5-11(6-10(2)16(9)17)21-13-8-15(20-4)14(19-3)7-12(13)18/h5-8H,18H2,1-4H3. The fraction of sp³-hybridized carbons (Fsp3) is 0.250. The topological polar surface area (TPSA) is 53.7 Å². The fourth-order valence-corrected chi connectivity index (χ4v) is 2.17. The van der Waals surface area contributed by atoms with E-state index in [1.54, 1.807) is 26.4 Å². The highest BCUT2D eigenvalue weighted by Crippen LogP contribution is 2.39. The lowest BCUT2D eigenvalue weighted by atomic mass is 10.1. The quantitative estimate of drug-likeness (QED) is 0.853. The molecule has 0 atom stereocenters. The van der Waals surface area contributed by atoms with E-state index in [1.807, 2.05) is 26.0 Å². The Balaban J connectivity index is 2.40. The van der Waals surface area contributed by atoms with Gasteiger partial charge >= 0.3 is 0 Å². The number of anilines is 1. The van der Waals surface area contributed by atoms with Gasteiger partial charge in [-0.2, -0.15) is 0 Å². The smallest absolute Gasteiger partial charge is 0.164 e. The van der Waals surface area contributed by atoms with Gasteiger partial charge in [-0.15, -0.1) is 0 Å². The molecule has 0 fully saturated rings. The zero-order valence-electron chi connectivity index (χ0n) is 12.5. The Morgan fingerprint density at radius 1 is 0.857 bits per heavy atom. The first kappa shape index (κ1) is 15.3. The maximum atomic E-state index is 6.15. The Morgan fingerprint density at radius 3 is 1.90 bits per heavy atom. The molecular weight excluding hydrogens is 290 g/mol. The Kier molecular flexibility index (Phi) is 4.48. The fourth-order valence-electron chi connectivity index (χ4n) is 2.06. The average Bonchev–Trinajstić information content (AvgIpc) is 2.46. The minimum absolute atomic E-state index is 0.470. The second kappa shape index (κ2) is 6.14. The first-order valence-corrected chi connectivity index (χ1v) is 6.80. The third-order valence-electron chi connectivity index (χ3n) is 3.15. The lowest BCUT2D eigenvalue weighted by Gasteiger charge is -2.14. The third kappa shape index (κ3) is 3.16. The van der Waals surface area contributed by atoms with Gasteiger partial charge in [0.15, 0.2) is 17.2 Å². The summed E-state index contributed by atoms with van der Waals surface area (Å²) in [6.45, 7) is 3.86. The summed E-state index contributed by atoms with van der Waals surface area (Å²) in [6.07, 6.45) is 0. The predicted molar refractivity (Wildman–Crippen MR) is 85.0 cm³/mol. The van der Waals surface area contributed by atoms with Gasteiger partial charge in [-0.1, -0.05) is 11.6 Å². The van der Waals surface area contributed by atoms with Crippen LogP contribution in [0.3, 0.4) is 0 Å². The number of ether oxygens (including phenoxy) is 3. The third-order valence-corrected chi connectivity index (χ3v) is 3.75. The lowest BCUT2D eigenvalue weighted by molar-refractivity contribution is 0.352. The van der Waals surface area contributed by atoms with Crippen LogP contribution in [0.25, 0.3) is 0 Å². The molecule has 0 aromatic heterocycles. The molecule has 2 aromatic rings. The average molecular weight is 308 g/mol. The molecule has 0 aliphatic carbocycles. The van der Waals surface area contributed by atoms with Crippen molar-refractivity contribution in [2.45, 2.75) is 13.8 Å². The van der Waals surface area contributed by atoms with Crippen LogP contribution in [0.2, 0.25) is 5.02 Å².